The molecule has 0 fully saturated rings. The molecule has 0 amide bonds. The van der Waals surface area contributed by atoms with Crippen LogP contribution in [0, 0.1) is 6.92 Å². The lowest BCUT2D eigenvalue weighted by Crippen LogP contribution is -2.22. The second-order valence-electron chi connectivity index (χ2n) is 3.97. The van der Waals surface area contributed by atoms with Crippen LogP contribution in [0.3, 0.4) is 0 Å². The second-order valence-corrected chi connectivity index (χ2v) is 6.11. The number of nitrogens with one attached hydrogen (secondary N) is 1. The minimum atomic E-state index is 0.151. The number of rotatable bonds is 5. The smallest absolute Gasteiger partial charge is 0.126 e. The molecule has 2 aromatic rings. The molecule has 0 aliphatic carbocycles. The fourth-order valence-electron chi connectivity index (χ4n) is 1.76. The SMILES string of the molecule is CCCNC(c1ccco1)c1sc(C)cc1Br. The zero-order valence-corrected chi connectivity index (χ0v) is 12.4. The van der Waals surface area contributed by atoms with Gasteiger partial charge in [-0.1, -0.05) is 6.92 Å². The maximum atomic E-state index is 5.53. The third-order valence-electron chi connectivity index (χ3n) is 2.52. The molecule has 1 unspecified atom stereocenters. The van der Waals surface area contributed by atoms with Gasteiger partial charge in [0, 0.05) is 14.2 Å². The molecule has 0 bridgehead atoms. The number of thiophene rings is 1. The maximum Gasteiger partial charge on any atom is 0.126 e. The van der Waals surface area contributed by atoms with Crippen LogP contribution in [0.4, 0.5) is 0 Å². The average Bonchev–Trinajstić information content (AvgIpc) is 2.90. The summed E-state index contributed by atoms with van der Waals surface area (Å²) in [6.07, 6.45) is 2.84. The summed E-state index contributed by atoms with van der Waals surface area (Å²) < 4.78 is 6.69. The molecule has 4 heteroatoms. The highest BCUT2D eigenvalue weighted by Crippen LogP contribution is 2.35. The standard InChI is InChI=1S/C13H16BrNOS/c1-3-6-15-12(11-5-4-7-16-11)13-10(14)8-9(2)17-13/h4-5,7-8,12,15H,3,6H2,1-2H3. The zero-order chi connectivity index (χ0) is 12.3. The van der Waals surface area contributed by atoms with E-state index in [0.717, 1.165) is 23.2 Å². The van der Waals surface area contributed by atoms with Gasteiger partial charge in [0.25, 0.3) is 0 Å². The van der Waals surface area contributed by atoms with Crippen LogP contribution in [-0.2, 0) is 0 Å². The van der Waals surface area contributed by atoms with Crippen molar-refractivity contribution >= 4 is 27.3 Å². The van der Waals surface area contributed by atoms with E-state index in [4.69, 9.17) is 4.42 Å². The summed E-state index contributed by atoms with van der Waals surface area (Å²) >= 11 is 5.43. The van der Waals surface area contributed by atoms with Crippen molar-refractivity contribution in [2.75, 3.05) is 6.54 Å². The Morgan fingerprint density at radius 2 is 2.35 bits per heavy atom. The van der Waals surface area contributed by atoms with Crippen LogP contribution in [0.5, 0.6) is 0 Å². The first kappa shape index (κ1) is 12.9. The monoisotopic (exact) mass is 313 g/mol. The first-order chi connectivity index (χ1) is 8.22. The normalized spacial score (nSPS) is 12.9. The Morgan fingerprint density at radius 1 is 1.53 bits per heavy atom. The first-order valence-electron chi connectivity index (χ1n) is 5.75. The third kappa shape index (κ3) is 3.00. The van der Waals surface area contributed by atoms with Crippen LogP contribution in [0.15, 0.2) is 33.4 Å². The van der Waals surface area contributed by atoms with Crippen LogP contribution in [-0.4, -0.2) is 6.54 Å². The quantitative estimate of drug-likeness (QED) is 0.879. The van der Waals surface area contributed by atoms with Gasteiger partial charge in [-0.25, -0.2) is 0 Å². The lowest BCUT2D eigenvalue weighted by atomic mass is 10.2. The number of hydrogen-bond acceptors (Lipinski definition) is 3. The fraction of sp³-hybridized carbons (Fsp3) is 0.385. The topological polar surface area (TPSA) is 25.2 Å². The molecule has 0 spiro atoms. The molecular weight excluding hydrogens is 298 g/mol. The Balaban J connectivity index is 2.30. The van der Waals surface area contributed by atoms with E-state index in [-0.39, 0.29) is 6.04 Å². The predicted molar refractivity (Wildman–Crippen MR) is 75.6 cm³/mol. The molecule has 17 heavy (non-hydrogen) atoms. The van der Waals surface area contributed by atoms with Gasteiger partial charge in [0.15, 0.2) is 0 Å². The molecule has 0 aliphatic rings. The Labute approximate surface area is 114 Å². The van der Waals surface area contributed by atoms with Gasteiger partial charge in [0.1, 0.15) is 11.8 Å². The molecule has 0 aromatic carbocycles. The van der Waals surface area contributed by atoms with E-state index in [1.165, 1.54) is 9.75 Å². The summed E-state index contributed by atoms with van der Waals surface area (Å²) in [4.78, 5) is 2.59. The molecule has 2 aromatic heterocycles. The van der Waals surface area contributed by atoms with Crippen LogP contribution < -0.4 is 5.32 Å². The van der Waals surface area contributed by atoms with Crippen LogP contribution in [0.1, 0.15) is 34.9 Å². The summed E-state index contributed by atoms with van der Waals surface area (Å²) in [7, 11) is 0. The largest absolute Gasteiger partial charge is 0.467 e. The van der Waals surface area contributed by atoms with Crippen molar-refractivity contribution in [1.29, 1.82) is 0 Å². The summed E-state index contributed by atoms with van der Waals surface area (Å²) in [5, 5.41) is 3.53. The lowest BCUT2D eigenvalue weighted by Gasteiger charge is -2.15. The van der Waals surface area contributed by atoms with Crippen molar-refractivity contribution in [2.24, 2.45) is 0 Å². The van der Waals surface area contributed by atoms with Crippen molar-refractivity contribution < 1.29 is 4.42 Å². The third-order valence-corrected chi connectivity index (χ3v) is 4.56. The lowest BCUT2D eigenvalue weighted by molar-refractivity contribution is 0.449. The van der Waals surface area contributed by atoms with Crippen LogP contribution in [0.2, 0.25) is 0 Å². The molecule has 0 aliphatic heterocycles. The number of halogens is 1. The van der Waals surface area contributed by atoms with E-state index in [9.17, 15) is 0 Å². The summed E-state index contributed by atoms with van der Waals surface area (Å²) in [6.45, 7) is 5.27. The van der Waals surface area contributed by atoms with Crippen molar-refractivity contribution in [2.45, 2.75) is 26.3 Å². The minimum absolute atomic E-state index is 0.151. The molecule has 92 valence electrons. The number of furan rings is 1. The van der Waals surface area contributed by atoms with E-state index in [1.807, 2.05) is 12.1 Å². The Kier molecular flexibility index (Phi) is 4.42. The summed E-state index contributed by atoms with van der Waals surface area (Å²) in [5.41, 5.74) is 0. The molecule has 2 rings (SSSR count). The van der Waals surface area contributed by atoms with E-state index in [2.05, 4.69) is 41.2 Å². The van der Waals surface area contributed by atoms with Crippen molar-refractivity contribution in [3.8, 4) is 0 Å². The van der Waals surface area contributed by atoms with Crippen molar-refractivity contribution in [3.63, 3.8) is 0 Å². The Morgan fingerprint density at radius 3 is 2.88 bits per heavy atom. The second kappa shape index (κ2) is 5.85. The molecular formula is C13H16BrNOS. The minimum Gasteiger partial charge on any atom is -0.467 e. The number of aryl methyl sites for hydroxylation is 1. The van der Waals surface area contributed by atoms with E-state index in [1.54, 1.807) is 17.6 Å². The van der Waals surface area contributed by atoms with E-state index >= 15 is 0 Å². The molecule has 0 radical (unpaired) electrons. The summed E-state index contributed by atoms with van der Waals surface area (Å²) in [6, 6.07) is 6.26. The first-order valence-corrected chi connectivity index (χ1v) is 7.36. The van der Waals surface area contributed by atoms with Gasteiger partial charge >= 0.3 is 0 Å². The average molecular weight is 314 g/mol. The van der Waals surface area contributed by atoms with Crippen LogP contribution in [0.25, 0.3) is 0 Å². The molecule has 0 saturated heterocycles. The molecule has 1 atom stereocenters. The molecule has 2 nitrogen and oxygen atoms in total. The van der Waals surface area contributed by atoms with Gasteiger partial charge in [-0.05, 0) is 54.0 Å². The highest BCUT2D eigenvalue weighted by molar-refractivity contribution is 9.10. The van der Waals surface area contributed by atoms with Gasteiger partial charge in [0.05, 0.1) is 6.26 Å². The fourth-order valence-corrected chi connectivity index (χ4v) is 3.73. The van der Waals surface area contributed by atoms with Gasteiger partial charge < -0.3 is 9.73 Å². The summed E-state index contributed by atoms with van der Waals surface area (Å²) in [5.74, 6) is 0.973. The molecule has 0 saturated carbocycles. The highest BCUT2D eigenvalue weighted by atomic mass is 79.9. The van der Waals surface area contributed by atoms with E-state index < -0.39 is 0 Å². The van der Waals surface area contributed by atoms with Gasteiger partial charge in [-0.2, -0.15) is 0 Å². The van der Waals surface area contributed by atoms with Crippen molar-refractivity contribution in [3.05, 3.63) is 44.4 Å². The predicted octanol–water partition coefficient (Wildman–Crippen LogP) is 4.50. The van der Waals surface area contributed by atoms with Crippen LogP contribution >= 0.6 is 27.3 Å². The Bertz CT molecular complexity index is 464. The van der Waals surface area contributed by atoms with E-state index in [0.29, 0.717) is 0 Å². The Hall–Kier alpha value is -0.580. The maximum absolute atomic E-state index is 5.53. The van der Waals surface area contributed by atoms with Crippen molar-refractivity contribution in [1.82, 2.24) is 5.32 Å². The molecule has 2 heterocycles. The van der Waals surface area contributed by atoms with Gasteiger partial charge in [-0.15, -0.1) is 11.3 Å². The zero-order valence-electron chi connectivity index (χ0n) is 10.00. The van der Waals surface area contributed by atoms with Gasteiger partial charge in [-0.3, -0.25) is 0 Å². The van der Waals surface area contributed by atoms with Gasteiger partial charge in [0.2, 0.25) is 0 Å². The number of hydrogen-bond donors (Lipinski definition) is 1. The molecule has 1 N–H and O–H groups in total. The highest BCUT2D eigenvalue weighted by Gasteiger charge is 2.20.